The first-order valence-electron chi connectivity index (χ1n) is 17.2. The van der Waals surface area contributed by atoms with Crippen LogP contribution in [0, 0.1) is 52.7 Å². The van der Waals surface area contributed by atoms with Crippen LogP contribution in [-0.2, 0) is 38.6 Å². The smallest absolute Gasteiger partial charge is 0.270 e. The van der Waals surface area contributed by atoms with E-state index in [4.69, 9.17) is 67.6 Å². The molecule has 0 bridgehead atoms. The Labute approximate surface area is 405 Å². The van der Waals surface area contributed by atoms with Gasteiger partial charge in [0.1, 0.15) is 79.8 Å². The maximum Gasteiger partial charge on any atom is 0.270 e. The first kappa shape index (κ1) is 59.2. The number of hydrogen-bond acceptors (Lipinski definition) is 12. The van der Waals surface area contributed by atoms with Crippen LogP contribution in [0.3, 0.4) is 0 Å². The van der Waals surface area contributed by atoms with Crippen LogP contribution in [0.15, 0.2) is 106 Å². The second-order valence-corrected chi connectivity index (χ2v) is 19.3. The molecule has 68 heavy (non-hydrogen) atoms. The molecule has 0 saturated carbocycles. The minimum Gasteiger partial charge on any atom is -0.384 e. The van der Waals surface area contributed by atoms with Crippen LogP contribution in [0.2, 0.25) is 15.1 Å². The van der Waals surface area contributed by atoms with Gasteiger partial charge in [-0.25, -0.2) is 70.9 Å². The van der Waals surface area contributed by atoms with Crippen LogP contribution in [0.5, 0.6) is 0 Å². The molecule has 3 heterocycles. The summed E-state index contributed by atoms with van der Waals surface area (Å²) in [5, 5.41) is -1.63. The molecule has 0 aliphatic heterocycles. The summed E-state index contributed by atoms with van der Waals surface area (Å²) in [7, 11) is -5.60. The molecular weight excluding hydrogens is 1100 g/mol. The predicted octanol–water partition coefficient (Wildman–Crippen LogP) is 10.1. The Morgan fingerprint density at radius 2 is 0.985 bits per heavy atom. The Bertz CT molecular complexity index is 3020. The van der Waals surface area contributed by atoms with Gasteiger partial charge < -0.3 is 15.2 Å². The number of alkyl halides is 1. The van der Waals surface area contributed by atoms with Crippen LogP contribution in [0.25, 0.3) is 0 Å². The quantitative estimate of drug-likeness (QED) is 0.0329. The molecule has 0 radical (unpaired) electrons. The number of anilines is 3. The molecule has 3 aromatic carbocycles. The average Bonchev–Trinajstić information content (AvgIpc) is 3.24. The van der Waals surface area contributed by atoms with Gasteiger partial charge in [0.15, 0.2) is 0 Å². The molecule has 0 atom stereocenters. The molecular formula is C37H28Cl5F9N6O8S3. The molecule has 0 saturated heterocycles. The van der Waals surface area contributed by atoms with Crippen molar-refractivity contribution in [2.45, 2.75) is 14.7 Å². The van der Waals surface area contributed by atoms with Gasteiger partial charge in [0, 0.05) is 43.1 Å². The van der Waals surface area contributed by atoms with E-state index in [1.807, 2.05) is 4.72 Å². The summed E-state index contributed by atoms with van der Waals surface area (Å²) >= 11 is 21.1. The van der Waals surface area contributed by atoms with Gasteiger partial charge in [-0.2, -0.15) is 13.2 Å². The lowest BCUT2D eigenvalue weighted by atomic mass is 10.3. The van der Waals surface area contributed by atoms with Crippen molar-refractivity contribution in [3.8, 4) is 0 Å². The zero-order valence-electron chi connectivity index (χ0n) is 33.7. The monoisotopic (exact) mass is 1130 g/mol. The maximum atomic E-state index is 13.9. The first-order valence-corrected chi connectivity index (χ1v) is 24.1. The van der Waals surface area contributed by atoms with Crippen LogP contribution in [0.4, 0.5) is 57.0 Å². The topological polar surface area (TPSA) is 201 Å². The lowest BCUT2D eigenvalue weighted by Crippen LogP contribution is -2.34. The van der Waals surface area contributed by atoms with Crippen molar-refractivity contribution in [1.82, 2.24) is 15.0 Å². The number of benzene rings is 3. The Morgan fingerprint density at radius 1 is 0.574 bits per heavy atom. The minimum absolute atomic E-state index is 0.213. The summed E-state index contributed by atoms with van der Waals surface area (Å²) < 4.78 is 199. The highest BCUT2D eigenvalue weighted by atomic mass is 35.7. The highest BCUT2D eigenvalue weighted by molar-refractivity contribution is 8.13. The lowest BCUT2D eigenvalue weighted by molar-refractivity contribution is 0.209. The van der Waals surface area contributed by atoms with E-state index in [1.54, 1.807) is 7.11 Å². The molecule has 0 amide bonds. The van der Waals surface area contributed by atoms with Gasteiger partial charge >= 0.3 is 0 Å². The Balaban J connectivity index is 0.000000319. The summed E-state index contributed by atoms with van der Waals surface area (Å²) in [5.74, 6) is -10.0. The number of rotatable bonds is 10. The minimum atomic E-state index is -4.55. The summed E-state index contributed by atoms with van der Waals surface area (Å²) in [6, 6.07) is 14.3. The fourth-order valence-corrected chi connectivity index (χ4v) is 8.30. The predicted molar refractivity (Wildman–Crippen MR) is 234 cm³/mol. The number of methoxy groups -OCH3 is 2. The second kappa shape index (κ2) is 26.7. The van der Waals surface area contributed by atoms with Gasteiger partial charge in [-0.1, -0.05) is 64.6 Å². The van der Waals surface area contributed by atoms with E-state index in [0.29, 0.717) is 46.8 Å². The normalized spacial score (nSPS) is 11.0. The zero-order chi connectivity index (χ0) is 51.7. The largest absolute Gasteiger partial charge is 0.384 e. The number of nitrogens with two attached hydrogens (primary N) is 1. The van der Waals surface area contributed by atoms with E-state index in [2.05, 4.69) is 19.7 Å². The van der Waals surface area contributed by atoms with Gasteiger partial charge in [0.2, 0.25) is 17.8 Å². The zero-order valence-corrected chi connectivity index (χ0v) is 40.0. The van der Waals surface area contributed by atoms with E-state index in [0.717, 1.165) is 12.1 Å². The number of pyridine rings is 3. The second-order valence-electron chi connectivity index (χ2n) is 11.9. The molecule has 6 aromatic rings. The fraction of sp³-hybridized carbons (Fsp3) is 0.108. The van der Waals surface area contributed by atoms with Crippen LogP contribution < -0.4 is 14.8 Å². The number of ether oxygens (including phenoxy) is 2. The Hall–Kier alpha value is -4.90. The lowest BCUT2D eigenvalue weighted by Gasteiger charge is -2.22. The van der Waals surface area contributed by atoms with Gasteiger partial charge in [-0.3, -0.25) is 4.72 Å². The third-order valence-electron chi connectivity index (χ3n) is 7.05. The number of nitrogens with one attached hydrogen (secondary N) is 1. The van der Waals surface area contributed by atoms with E-state index >= 15 is 0 Å². The summed E-state index contributed by atoms with van der Waals surface area (Å²) in [4.78, 5) is 7.39. The standard InChI is InChI=1S/C13H10ClF3N2O3S.C11H6ClF3N2O2S.C6H2Cl2F2O2S.C5H5FN2.C2H5ClO/c1-22-7-19(13-4-2-3-12(17)18-13)23(20,21)11-5-8(14)9(15)6-10(11)16;12-6-4-9(8(14)5-7(6)13)20(18,19)17-11-3-1-2-10(15)16-11;7-3-1-6(13(8,11)12)5(10)2-4(3)9;6-4-2-1-3-5(7)8-4;1-4-2-3/h2-6H,7H2,1H3;1-5H,(H,16,17);1-2H;1-3H,(H2,7,8);2H2,1H3. The summed E-state index contributed by atoms with van der Waals surface area (Å²) in [6.07, 6.45) is 0. The Morgan fingerprint density at radius 3 is 1.40 bits per heavy atom. The van der Waals surface area contributed by atoms with Crippen molar-refractivity contribution < 1.29 is 74.2 Å². The van der Waals surface area contributed by atoms with E-state index < -0.39 is 118 Å². The highest BCUT2D eigenvalue weighted by Crippen LogP contribution is 2.29. The number of halogens is 14. The van der Waals surface area contributed by atoms with Crippen molar-refractivity contribution in [2.24, 2.45) is 0 Å². The summed E-state index contributed by atoms with van der Waals surface area (Å²) in [5.41, 5.74) is 5.11. The van der Waals surface area contributed by atoms with E-state index in [9.17, 15) is 64.8 Å². The average molecular weight is 1130 g/mol. The third-order valence-corrected chi connectivity index (χ3v) is 12.6. The van der Waals surface area contributed by atoms with E-state index in [-0.39, 0.29) is 17.5 Å². The van der Waals surface area contributed by atoms with Gasteiger partial charge in [-0.05, 0) is 54.6 Å². The number of sulfonamides is 2. The van der Waals surface area contributed by atoms with Crippen molar-refractivity contribution in [3.63, 3.8) is 0 Å². The number of hydrogen-bond donors (Lipinski definition) is 2. The maximum absolute atomic E-state index is 13.9. The molecule has 14 nitrogen and oxygen atoms in total. The molecule has 3 aromatic heterocycles. The molecule has 370 valence electrons. The number of nitrogens with zero attached hydrogens (tertiary/aromatic N) is 4. The molecule has 0 spiro atoms. The number of nitrogen functional groups attached to an aromatic ring is 1. The molecule has 0 aliphatic rings. The number of aromatic nitrogens is 3. The van der Waals surface area contributed by atoms with Gasteiger partial charge in [0.25, 0.3) is 29.1 Å². The van der Waals surface area contributed by atoms with E-state index in [1.165, 1.54) is 49.6 Å². The van der Waals surface area contributed by atoms with Crippen molar-refractivity contribution >= 4 is 104 Å². The van der Waals surface area contributed by atoms with Crippen molar-refractivity contribution in [3.05, 3.63) is 159 Å². The fourth-order valence-electron chi connectivity index (χ4n) is 4.22. The van der Waals surface area contributed by atoms with Crippen LogP contribution in [0.1, 0.15) is 0 Å². The summed E-state index contributed by atoms with van der Waals surface area (Å²) in [6.45, 7) is -0.562. The van der Waals surface area contributed by atoms with Gasteiger partial charge in [-0.15, -0.1) is 0 Å². The third kappa shape index (κ3) is 18.2. The molecule has 0 aliphatic carbocycles. The SMILES string of the molecule is COCCl.COCN(c1cccc(F)n1)S(=O)(=O)c1cc(Cl)c(F)cc1F.Nc1cccc(F)n1.O=S(=O)(Cl)c1cc(Cl)c(F)cc1F.O=S(=O)(Nc1cccc(F)n1)c1cc(Cl)c(F)cc1F. The first-order chi connectivity index (χ1) is 31.6. The highest BCUT2D eigenvalue weighted by Gasteiger charge is 2.30. The van der Waals surface area contributed by atoms with Gasteiger partial charge in [0.05, 0.1) is 15.1 Å². The van der Waals surface area contributed by atoms with Crippen LogP contribution in [-0.4, -0.2) is 67.2 Å². The van der Waals surface area contributed by atoms with Crippen molar-refractivity contribution in [2.75, 3.05) is 41.8 Å². The molecule has 3 N–H and O–H groups in total. The molecule has 0 fully saturated rings. The van der Waals surface area contributed by atoms with Crippen LogP contribution >= 0.6 is 57.1 Å². The van der Waals surface area contributed by atoms with Crippen molar-refractivity contribution in [1.29, 1.82) is 0 Å². The molecule has 31 heteroatoms. The molecule has 6 rings (SSSR count). The Kier molecular flexibility index (Phi) is 23.3. The molecule has 0 unspecified atom stereocenters.